The number of carbonyl (C=O) groups excluding carboxylic acids is 2. The van der Waals surface area contributed by atoms with Crippen molar-refractivity contribution in [2.24, 2.45) is 0 Å². The minimum absolute atomic E-state index is 0.0715. The van der Waals surface area contributed by atoms with Crippen molar-refractivity contribution in [3.8, 4) is 17.2 Å². The van der Waals surface area contributed by atoms with Crippen LogP contribution in [0.15, 0.2) is 72.3 Å². The second-order valence-electron chi connectivity index (χ2n) is 7.71. The topological polar surface area (TPSA) is 85.3 Å². The van der Waals surface area contributed by atoms with Crippen LogP contribution in [0.1, 0.15) is 24.1 Å². The van der Waals surface area contributed by atoms with Gasteiger partial charge in [0.1, 0.15) is 23.0 Å². The van der Waals surface area contributed by atoms with E-state index >= 15 is 0 Å². The predicted molar refractivity (Wildman–Crippen MR) is 133 cm³/mol. The molecule has 1 heterocycles. The normalized spacial score (nSPS) is 16.9. The molecule has 4 rings (SSSR count). The Labute approximate surface area is 208 Å². The molecule has 1 aliphatic heterocycles. The maximum Gasteiger partial charge on any atom is 0.300 e. The number of ether oxygens (including phenoxy) is 3. The number of benzene rings is 3. The van der Waals surface area contributed by atoms with Gasteiger partial charge in [0.15, 0.2) is 0 Å². The van der Waals surface area contributed by atoms with E-state index in [1.807, 2.05) is 6.92 Å². The molecule has 1 unspecified atom stereocenters. The molecule has 1 N–H and O–H groups in total. The van der Waals surface area contributed by atoms with E-state index in [0.29, 0.717) is 40.1 Å². The monoisotopic (exact) mass is 493 g/mol. The van der Waals surface area contributed by atoms with Crippen LogP contribution >= 0.6 is 11.6 Å². The Morgan fingerprint density at radius 2 is 1.60 bits per heavy atom. The Morgan fingerprint density at radius 1 is 0.943 bits per heavy atom. The van der Waals surface area contributed by atoms with Gasteiger partial charge in [-0.1, -0.05) is 23.7 Å². The zero-order chi connectivity index (χ0) is 25.1. The van der Waals surface area contributed by atoms with Crippen LogP contribution in [0.25, 0.3) is 5.76 Å². The summed E-state index contributed by atoms with van der Waals surface area (Å²) in [4.78, 5) is 28.0. The van der Waals surface area contributed by atoms with Crippen LogP contribution < -0.4 is 19.1 Å². The lowest BCUT2D eigenvalue weighted by Crippen LogP contribution is -2.29. The number of aliphatic hydroxyl groups is 1. The third-order valence-electron chi connectivity index (χ3n) is 5.72. The number of rotatable bonds is 7. The van der Waals surface area contributed by atoms with Crippen molar-refractivity contribution in [3.63, 3.8) is 0 Å². The number of amides is 1. The molecule has 0 spiro atoms. The molecule has 1 aliphatic rings. The van der Waals surface area contributed by atoms with E-state index in [9.17, 15) is 14.7 Å². The largest absolute Gasteiger partial charge is 0.507 e. The zero-order valence-electron chi connectivity index (χ0n) is 19.4. The minimum atomic E-state index is -0.902. The summed E-state index contributed by atoms with van der Waals surface area (Å²) in [6, 6.07) is 17.6. The van der Waals surface area contributed by atoms with E-state index < -0.39 is 17.7 Å². The summed E-state index contributed by atoms with van der Waals surface area (Å²) in [5.41, 5.74) is 1.24. The lowest BCUT2D eigenvalue weighted by molar-refractivity contribution is -0.132. The summed E-state index contributed by atoms with van der Waals surface area (Å²) in [7, 11) is 2.94. The molecular weight excluding hydrogens is 470 g/mol. The highest BCUT2D eigenvalue weighted by atomic mass is 35.5. The van der Waals surface area contributed by atoms with Crippen LogP contribution in [-0.2, 0) is 9.59 Å². The number of Topliss-reactive ketones (excluding diaryl/α,β-unsaturated/α-hetero) is 1. The fraction of sp³-hybridized carbons (Fsp3) is 0.185. The maximum atomic E-state index is 13.3. The fourth-order valence-corrected chi connectivity index (χ4v) is 4.20. The van der Waals surface area contributed by atoms with Crippen molar-refractivity contribution in [1.29, 1.82) is 0 Å². The van der Waals surface area contributed by atoms with Crippen molar-refractivity contribution in [1.82, 2.24) is 0 Å². The second kappa shape index (κ2) is 10.1. The first kappa shape index (κ1) is 24.2. The standard InChI is InChI=1S/C27H24ClNO6/c1-4-35-19-11-9-18(10-12-19)29-24(16-5-7-17(28)8-6-16)23(26(31)27(29)32)25(30)21-15-20(33-2)13-14-22(21)34-3/h5-15,24,30H,4H2,1-3H3/b25-23+. The number of aliphatic hydroxyl groups excluding tert-OH is 1. The molecule has 1 amide bonds. The summed E-state index contributed by atoms with van der Waals surface area (Å²) < 4.78 is 16.2. The fourth-order valence-electron chi connectivity index (χ4n) is 4.07. The Bertz CT molecular complexity index is 1280. The van der Waals surface area contributed by atoms with Crippen LogP contribution in [0.5, 0.6) is 17.2 Å². The highest BCUT2D eigenvalue weighted by Gasteiger charge is 2.47. The highest BCUT2D eigenvalue weighted by Crippen LogP contribution is 2.44. The predicted octanol–water partition coefficient (Wildman–Crippen LogP) is 5.38. The van der Waals surface area contributed by atoms with Gasteiger partial charge < -0.3 is 19.3 Å². The van der Waals surface area contributed by atoms with Crippen molar-refractivity contribution in [3.05, 3.63) is 88.5 Å². The molecule has 180 valence electrons. The van der Waals surface area contributed by atoms with E-state index in [2.05, 4.69) is 0 Å². The summed E-state index contributed by atoms with van der Waals surface area (Å²) in [6.45, 7) is 2.37. The third kappa shape index (κ3) is 4.55. The van der Waals surface area contributed by atoms with Gasteiger partial charge in [-0.3, -0.25) is 14.5 Å². The number of carbonyl (C=O) groups is 2. The second-order valence-corrected chi connectivity index (χ2v) is 8.15. The average Bonchev–Trinajstić information content (AvgIpc) is 3.14. The highest BCUT2D eigenvalue weighted by molar-refractivity contribution is 6.51. The Balaban J connectivity index is 1.93. The summed E-state index contributed by atoms with van der Waals surface area (Å²) in [5, 5.41) is 11.9. The summed E-state index contributed by atoms with van der Waals surface area (Å²) in [6.07, 6.45) is 0. The first-order valence-electron chi connectivity index (χ1n) is 10.9. The maximum absolute atomic E-state index is 13.3. The summed E-state index contributed by atoms with van der Waals surface area (Å²) >= 11 is 6.09. The number of nitrogens with zero attached hydrogens (tertiary/aromatic N) is 1. The number of hydrogen-bond acceptors (Lipinski definition) is 6. The van der Waals surface area contributed by atoms with Crippen molar-refractivity contribution >= 4 is 34.7 Å². The van der Waals surface area contributed by atoms with E-state index in [4.69, 9.17) is 25.8 Å². The summed E-state index contributed by atoms with van der Waals surface area (Å²) in [5.74, 6) is -0.537. The van der Waals surface area contributed by atoms with E-state index in [-0.39, 0.29) is 16.9 Å². The Hall–Kier alpha value is -3.97. The molecule has 0 radical (unpaired) electrons. The van der Waals surface area contributed by atoms with Gasteiger partial charge in [0.25, 0.3) is 11.7 Å². The molecular formula is C27H24ClNO6. The number of halogens is 1. The van der Waals surface area contributed by atoms with Crippen LogP contribution in [0.2, 0.25) is 5.02 Å². The third-order valence-corrected chi connectivity index (χ3v) is 5.97. The van der Waals surface area contributed by atoms with Crippen molar-refractivity contribution < 1.29 is 28.9 Å². The molecule has 0 aromatic heterocycles. The Kier molecular flexibility index (Phi) is 6.98. The number of anilines is 1. The molecule has 3 aromatic rings. The molecule has 1 atom stereocenters. The van der Waals surface area contributed by atoms with Crippen LogP contribution in [0.4, 0.5) is 5.69 Å². The van der Waals surface area contributed by atoms with Crippen molar-refractivity contribution in [2.75, 3.05) is 25.7 Å². The molecule has 1 saturated heterocycles. The molecule has 1 fully saturated rings. The molecule has 0 aliphatic carbocycles. The van der Waals surface area contributed by atoms with Gasteiger partial charge in [-0.05, 0) is 67.1 Å². The number of hydrogen-bond donors (Lipinski definition) is 1. The van der Waals surface area contributed by atoms with Gasteiger partial charge in [0, 0.05) is 10.7 Å². The van der Waals surface area contributed by atoms with Gasteiger partial charge >= 0.3 is 0 Å². The molecule has 7 nitrogen and oxygen atoms in total. The first-order valence-corrected chi connectivity index (χ1v) is 11.3. The van der Waals surface area contributed by atoms with E-state index in [1.54, 1.807) is 66.7 Å². The smallest absolute Gasteiger partial charge is 0.300 e. The van der Waals surface area contributed by atoms with Crippen LogP contribution in [0.3, 0.4) is 0 Å². The van der Waals surface area contributed by atoms with Crippen molar-refractivity contribution in [2.45, 2.75) is 13.0 Å². The Morgan fingerprint density at radius 3 is 2.20 bits per heavy atom. The van der Waals surface area contributed by atoms with Gasteiger partial charge in [-0.2, -0.15) is 0 Å². The van der Waals surface area contributed by atoms with E-state index in [0.717, 1.165) is 0 Å². The van der Waals surface area contributed by atoms with Gasteiger partial charge in [-0.15, -0.1) is 0 Å². The van der Waals surface area contributed by atoms with Crippen LogP contribution in [-0.4, -0.2) is 37.6 Å². The molecule has 0 bridgehead atoms. The lowest BCUT2D eigenvalue weighted by atomic mass is 9.94. The molecule has 8 heteroatoms. The number of ketones is 1. The van der Waals surface area contributed by atoms with Crippen LogP contribution in [0, 0.1) is 0 Å². The minimum Gasteiger partial charge on any atom is -0.507 e. The SMILES string of the molecule is CCOc1ccc(N2C(=O)C(=O)/C(=C(/O)c3cc(OC)ccc3OC)C2c2ccc(Cl)cc2)cc1. The lowest BCUT2D eigenvalue weighted by Gasteiger charge is -2.26. The van der Waals surface area contributed by atoms with Gasteiger partial charge in [0.2, 0.25) is 0 Å². The van der Waals surface area contributed by atoms with Gasteiger partial charge in [-0.25, -0.2) is 0 Å². The van der Waals surface area contributed by atoms with E-state index in [1.165, 1.54) is 19.1 Å². The molecule has 35 heavy (non-hydrogen) atoms. The number of methoxy groups -OCH3 is 2. The molecule has 0 saturated carbocycles. The average molecular weight is 494 g/mol. The zero-order valence-corrected chi connectivity index (χ0v) is 20.2. The van der Waals surface area contributed by atoms with Gasteiger partial charge in [0.05, 0.1) is 38.0 Å². The first-order chi connectivity index (χ1) is 16.9. The molecule has 3 aromatic carbocycles. The quantitative estimate of drug-likeness (QED) is 0.270.